The summed E-state index contributed by atoms with van der Waals surface area (Å²) < 4.78 is 0. The van der Waals surface area contributed by atoms with Crippen molar-refractivity contribution >= 4 is 34.8 Å². The van der Waals surface area contributed by atoms with Crippen LogP contribution in [0, 0.1) is 0 Å². The van der Waals surface area contributed by atoms with Gasteiger partial charge in [-0.2, -0.15) is 0 Å². The van der Waals surface area contributed by atoms with Gasteiger partial charge in [0, 0.05) is 16.2 Å². The number of anilines is 1. The molecule has 2 nitrogen and oxygen atoms in total. The molecule has 0 saturated carbocycles. The van der Waals surface area contributed by atoms with Gasteiger partial charge in [-0.15, -0.1) is 0 Å². The quantitative estimate of drug-likeness (QED) is 0.617. The van der Waals surface area contributed by atoms with E-state index >= 15 is 0 Å². The molecule has 24 heavy (non-hydrogen) atoms. The van der Waals surface area contributed by atoms with Crippen molar-refractivity contribution in [3.05, 3.63) is 88.9 Å². The Morgan fingerprint density at radius 1 is 0.833 bits per heavy atom. The van der Waals surface area contributed by atoms with Crippen molar-refractivity contribution in [1.29, 1.82) is 0 Å². The summed E-state index contributed by atoms with van der Waals surface area (Å²) in [5, 5.41) is 3.47. The summed E-state index contributed by atoms with van der Waals surface area (Å²) >= 11 is 5.98. The second-order valence-electron chi connectivity index (χ2n) is 5.69. The van der Waals surface area contributed by atoms with Crippen LogP contribution in [-0.4, -0.2) is 5.91 Å². The SMILES string of the molecule is O=C1Nc2cc(Cl)ccc2/C1=C\c1ccc(-c2ccccc2)cc1. The van der Waals surface area contributed by atoms with Crippen LogP contribution in [0.25, 0.3) is 22.8 Å². The second-order valence-corrected chi connectivity index (χ2v) is 6.13. The lowest BCUT2D eigenvalue weighted by molar-refractivity contribution is -0.110. The largest absolute Gasteiger partial charge is 0.321 e. The molecule has 0 fully saturated rings. The summed E-state index contributed by atoms with van der Waals surface area (Å²) in [5.41, 5.74) is 5.63. The Bertz CT molecular complexity index is 943. The van der Waals surface area contributed by atoms with Gasteiger partial charge in [-0.3, -0.25) is 4.79 Å². The molecule has 0 bridgehead atoms. The van der Waals surface area contributed by atoms with Gasteiger partial charge in [0.15, 0.2) is 0 Å². The molecule has 1 N–H and O–H groups in total. The van der Waals surface area contributed by atoms with Gasteiger partial charge in [-0.1, -0.05) is 72.3 Å². The minimum absolute atomic E-state index is 0.0978. The van der Waals surface area contributed by atoms with Crippen molar-refractivity contribution in [2.24, 2.45) is 0 Å². The number of halogens is 1. The molecule has 1 amide bonds. The third-order valence-electron chi connectivity index (χ3n) is 4.09. The zero-order chi connectivity index (χ0) is 16.5. The third kappa shape index (κ3) is 2.72. The molecule has 0 saturated heterocycles. The van der Waals surface area contributed by atoms with Gasteiger partial charge < -0.3 is 5.32 Å². The second kappa shape index (κ2) is 5.99. The van der Waals surface area contributed by atoms with Gasteiger partial charge in [0.2, 0.25) is 0 Å². The Morgan fingerprint density at radius 3 is 2.29 bits per heavy atom. The molecule has 0 radical (unpaired) electrons. The van der Waals surface area contributed by atoms with E-state index in [0.717, 1.165) is 22.4 Å². The summed E-state index contributed by atoms with van der Waals surface area (Å²) in [6.45, 7) is 0. The maximum Gasteiger partial charge on any atom is 0.256 e. The van der Waals surface area contributed by atoms with E-state index in [1.165, 1.54) is 5.56 Å². The van der Waals surface area contributed by atoms with Crippen LogP contribution in [0.4, 0.5) is 5.69 Å². The lowest BCUT2D eigenvalue weighted by atomic mass is 10.0. The summed E-state index contributed by atoms with van der Waals surface area (Å²) in [4.78, 5) is 12.2. The van der Waals surface area contributed by atoms with Crippen molar-refractivity contribution in [2.45, 2.75) is 0 Å². The standard InChI is InChI=1S/C21H14ClNO/c22-17-10-11-18-19(21(24)23-20(18)13-17)12-14-6-8-16(9-7-14)15-4-2-1-3-5-15/h1-13H,(H,23,24)/b19-12+. The molecule has 116 valence electrons. The van der Waals surface area contributed by atoms with E-state index in [4.69, 9.17) is 11.6 Å². The molecule has 3 heteroatoms. The van der Waals surface area contributed by atoms with Crippen LogP contribution in [0.2, 0.25) is 5.02 Å². The minimum Gasteiger partial charge on any atom is -0.321 e. The number of hydrogen-bond donors (Lipinski definition) is 1. The molecule has 0 aromatic heterocycles. The zero-order valence-corrected chi connectivity index (χ0v) is 13.5. The van der Waals surface area contributed by atoms with E-state index in [0.29, 0.717) is 10.6 Å². The molecule has 0 spiro atoms. The lowest BCUT2D eigenvalue weighted by Crippen LogP contribution is -2.03. The maximum absolute atomic E-state index is 12.2. The lowest BCUT2D eigenvalue weighted by Gasteiger charge is -2.03. The fraction of sp³-hybridized carbons (Fsp3) is 0. The molecular formula is C21H14ClNO. The van der Waals surface area contributed by atoms with Crippen molar-refractivity contribution in [1.82, 2.24) is 0 Å². The smallest absolute Gasteiger partial charge is 0.256 e. The molecule has 0 atom stereocenters. The number of benzene rings is 3. The van der Waals surface area contributed by atoms with E-state index in [-0.39, 0.29) is 5.91 Å². The average molecular weight is 332 g/mol. The number of hydrogen-bond acceptors (Lipinski definition) is 1. The van der Waals surface area contributed by atoms with Crippen LogP contribution in [0.3, 0.4) is 0 Å². The van der Waals surface area contributed by atoms with E-state index in [2.05, 4.69) is 29.6 Å². The van der Waals surface area contributed by atoms with Crippen LogP contribution in [-0.2, 0) is 4.79 Å². The number of nitrogens with one attached hydrogen (secondary N) is 1. The van der Waals surface area contributed by atoms with Crippen LogP contribution in [0.15, 0.2) is 72.8 Å². The van der Waals surface area contributed by atoms with Crippen molar-refractivity contribution in [3.63, 3.8) is 0 Å². The maximum atomic E-state index is 12.2. The average Bonchev–Trinajstić information content (AvgIpc) is 2.91. The normalized spacial score (nSPS) is 14.5. The van der Waals surface area contributed by atoms with Crippen molar-refractivity contribution < 1.29 is 4.79 Å². The Labute approximate surface area is 145 Å². The number of carbonyl (C=O) groups is 1. The highest BCUT2D eigenvalue weighted by Crippen LogP contribution is 2.35. The van der Waals surface area contributed by atoms with Crippen molar-refractivity contribution in [2.75, 3.05) is 5.32 Å². The number of carbonyl (C=O) groups excluding carboxylic acids is 1. The number of amides is 1. The first kappa shape index (κ1) is 14.7. The van der Waals surface area contributed by atoms with Gasteiger partial charge >= 0.3 is 0 Å². The van der Waals surface area contributed by atoms with Crippen LogP contribution in [0.1, 0.15) is 11.1 Å². The Kier molecular flexibility index (Phi) is 3.68. The summed E-state index contributed by atoms with van der Waals surface area (Å²) in [6.07, 6.45) is 1.91. The topological polar surface area (TPSA) is 29.1 Å². The Morgan fingerprint density at radius 2 is 1.54 bits per heavy atom. The summed E-state index contributed by atoms with van der Waals surface area (Å²) in [7, 11) is 0. The predicted octanol–water partition coefficient (Wildman–Crippen LogP) is 5.50. The highest BCUT2D eigenvalue weighted by atomic mass is 35.5. The molecule has 3 aromatic rings. The van der Waals surface area contributed by atoms with Crippen LogP contribution in [0.5, 0.6) is 0 Å². The summed E-state index contributed by atoms with van der Waals surface area (Å²) in [6, 6.07) is 23.8. The molecular weight excluding hydrogens is 318 g/mol. The third-order valence-corrected chi connectivity index (χ3v) is 4.33. The molecule has 1 heterocycles. The van der Waals surface area contributed by atoms with E-state index in [1.807, 2.05) is 42.5 Å². The molecule has 4 rings (SSSR count). The van der Waals surface area contributed by atoms with Crippen molar-refractivity contribution in [3.8, 4) is 11.1 Å². The Hall–Kier alpha value is -2.84. The van der Waals surface area contributed by atoms with Crippen LogP contribution >= 0.6 is 11.6 Å². The highest BCUT2D eigenvalue weighted by Gasteiger charge is 2.23. The highest BCUT2D eigenvalue weighted by molar-refractivity contribution is 6.36. The summed E-state index contributed by atoms with van der Waals surface area (Å²) in [5.74, 6) is -0.0978. The minimum atomic E-state index is -0.0978. The van der Waals surface area contributed by atoms with E-state index < -0.39 is 0 Å². The van der Waals surface area contributed by atoms with Gasteiger partial charge in [0.1, 0.15) is 0 Å². The number of fused-ring (bicyclic) bond motifs is 1. The molecule has 0 aliphatic carbocycles. The Balaban J connectivity index is 1.68. The fourth-order valence-electron chi connectivity index (χ4n) is 2.88. The zero-order valence-electron chi connectivity index (χ0n) is 12.8. The predicted molar refractivity (Wildman–Crippen MR) is 99.8 cm³/mol. The molecule has 0 unspecified atom stereocenters. The van der Waals surface area contributed by atoms with Gasteiger partial charge in [-0.25, -0.2) is 0 Å². The van der Waals surface area contributed by atoms with Gasteiger partial charge in [-0.05, 0) is 34.9 Å². The van der Waals surface area contributed by atoms with E-state index in [9.17, 15) is 4.79 Å². The first-order valence-electron chi connectivity index (χ1n) is 7.69. The monoisotopic (exact) mass is 331 g/mol. The number of rotatable bonds is 2. The molecule has 3 aromatic carbocycles. The fourth-order valence-corrected chi connectivity index (χ4v) is 3.05. The first-order valence-corrected chi connectivity index (χ1v) is 8.07. The van der Waals surface area contributed by atoms with E-state index in [1.54, 1.807) is 12.1 Å². The first-order chi connectivity index (χ1) is 11.7. The molecule has 1 aliphatic rings. The van der Waals surface area contributed by atoms with Gasteiger partial charge in [0.25, 0.3) is 5.91 Å². The molecule has 1 aliphatic heterocycles. The van der Waals surface area contributed by atoms with Crippen LogP contribution < -0.4 is 5.32 Å². The van der Waals surface area contributed by atoms with Gasteiger partial charge in [0.05, 0.1) is 5.69 Å².